The molecule has 4 aromatic rings. The Morgan fingerprint density at radius 2 is 1.64 bits per heavy atom. The van der Waals surface area contributed by atoms with E-state index in [1.54, 1.807) is 67.2 Å². The number of thioether (sulfide) groups is 1. The minimum absolute atomic E-state index is 0.315. The molecule has 1 amide bonds. The van der Waals surface area contributed by atoms with Crippen molar-refractivity contribution >= 4 is 41.5 Å². The van der Waals surface area contributed by atoms with Gasteiger partial charge in [0.1, 0.15) is 11.5 Å². The van der Waals surface area contributed by atoms with Crippen LogP contribution in [0, 0.1) is 0 Å². The smallest absolute Gasteiger partial charge is 0.338 e. The largest absolute Gasteiger partial charge is 0.462 e. The maximum Gasteiger partial charge on any atom is 0.338 e. The number of benzene rings is 3. The van der Waals surface area contributed by atoms with Crippen molar-refractivity contribution in [2.75, 3.05) is 6.61 Å². The first-order valence-electron chi connectivity index (χ1n) is 11.2. The van der Waals surface area contributed by atoms with Crippen molar-refractivity contribution in [2.24, 2.45) is 5.10 Å². The fourth-order valence-corrected chi connectivity index (χ4v) is 4.21. The first kappa shape index (κ1) is 25.3. The fourth-order valence-electron chi connectivity index (χ4n) is 3.23. The zero-order valence-corrected chi connectivity index (χ0v) is 21.0. The van der Waals surface area contributed by atoms with Gasteiger partial charge in [-0.3, -0.25) is 4.79 Å². The fraction of sp³-hybridized carbons (Fsp3) is 0.107. The summed E-state index contributed by atoms with van der Waals surface area (Å²) in [5, 5.41) is 4.71. The number of ether oxygens (including phenoxy) is 1. The zero-order chi connectivity index (χ0) is 25.3. The molecule has 0 aliphatic rings. The van der Waals surface area contributed by atoms with Crippen LogP contribution in [0.4, 0.5) is 0 Å². The summed E-state index contributed by atoms with van der Waals surface area (Å²) in [6.45, 7) is 2.09. The van der Waals surface area contributed by atoms with Gasteiger partial charge in [-0.15, -0.1) is 11.8 Å². The molecule has 0 bridgehead atoms. The summed E-state index contributed by atoms with van der Waals surface area (Å²) in [5.74, 6) is 1.20. The van der Waals surface area contributed by atoms with E-state index < -0.39 is 0 Å². The van der Waals surface area contributed by atoms with Crippen molar-refractivity contribution in [1.82, 2.24) is 5.43 Å². The molecule has 1 N–H and O–H groups in total. The third-order valence-electron chi connectivity index (χ3n) is 5.10. The van der Waals surface area contributed by atoms with E-state index in [1.807, 2.05) is 36.4 Å². The molecule has 0 aliphatic carbocycles. The number of nitrogens with one attached hydrogen (secondary N) is 1. The molecule has 1 aromatic heterocycles. The van der Waals surface area contributed by atoms with Crippen molar-refractivity contribution in [2.45, 2.75) is 17.6 Å². The third-order valence-corrected chi connectivity index (χ3v) is 6.44. The van der Waals surface area contributed by atoms with Crippen LogP contribution in [0.5, 0.6) is 0 Å². The Kier molecular flexibility index (Phi) is 8.60. The van der Waals surface area contributed by atoms with E-state index in [9.17, 15) is 9.59 Å². The highest BCUT2D eigenvalue weighted by atomic mass is 35.5. The van der Waals surface area contributed by atoms with Crippen LogP contribution >= 0.6 is 23.4 Å². The van der Waals surface area contributed by atoms with E-state index >= 15 is 0 Å². The highest BCUT2D eigenvalue weighted by Crippen LogP contribution is 2.25. The van der Waals surface area contributed by atoms with Gasteiger partial charge in [0.15, 0.2) is 0 Å². The van der Waals surface area contributed by atoms with E-state index in [1.165, 1.54) is 6.21 Å². The van der Waals surface area contributed by atoms with Crippen molar-refractivity contribution in [1.29, 1.82) is 0 Å². The molecule has 1 heterocycles. The monoisotopic (exact) mass is 518 g/mol. The lowest BCUT2D eigenvalue weighted by molar-refractivity contribution is 0.0526. The van der Waals surface area contributed by atoms with Crippen molar-refractivity contribution < 1.29 is 18.7 Å². The number of carbonyl (C=O) groups is 2. The molecule has 4 rings (SSSR count). The van der Waals surface area contributed by atoms with Crippen molar-refractivity contribution in [3.8, 4) is 11.3 Å². The second-order valence-corrected chi connectivity index (χ2v) is 9.12. The van der Waals surface area contributed by atoms with Crippen LogP contribution in [0.15, 0.2) is 99.3 Å². The number of rotatable bonds is 9. The van der Waals surface area contributed by atoms with Crippen molar-refractivity contribution in [3.05, 3.63) is 112 Å². The number of furan rings is 1. The second-order valence-electron chi connectivity index (χ2n) is 7.64. The Labute approximate surface area is 218 Å². The Balaban J connectivity index is 1.28. The molecule has 0 saturated heterocycles. The summed E-state index contributed by atoms with van der Waals surface area (Å²) in [6, 6.07) is 25.6. The van der Waals surface area contributed by atoms with Crippen LogP contribution in [0.2, 0.25) is 5.02 Å². The Hall–Kier alpha value is -3.81. The lowest BCUT2D eigenvalue weighted by Crippen LogP contribution is -2.17. The molecule has 0 unspecified atom stereocenters. The highest BCUT2D eigenvalue weighted by molar-refractivity contribution is 7.98. The van der Waals surface area contributed by atoms with Gasteiger partial charge in [0.05, 0.1) is 18.4 Å². The summed E-state index contributed by atoms with van der Waals surface area (Å²) in [5.41, 5.74) is 5.41. The average molecular weight is 519 g/mol. The molecular weight excluding hydrogens is 496 g/mol. The van der Waals surface area contributed by atoms with Gasteiger partial charge in [-0.25, -0.2) is 10.2 Å². The van der Waals surface area contributed by atoms with Gasteiger partial charge in [0, 0.05) is 26.8 Å². The molecule has 0 saturated carbocycles. The Morgan fingerprint density at radius 1 is 0.944 bits per heavy atom. The van der Waals surface area contributed by atoms with E-state index in [0.29, 0.717) is 34.3 Å². The molecule has 0 fully saturated rings. The molecular formula is C28H23ClN2O4S. The van der Waals surface area contributed by atoms with Gasteiger partial charge >= 0.3 is 5.97 Å². The SMILES string of the molecule is CCOC(=O)c1ccc(-c2ccc(/C=N\NC(=O)c3ccc(CSc4ccc(Cl)cc4)cc3)o2)cc1. The molecule has 36 heavy (non-hydrogen) atoms. The molecule has 6 nitrogen and oxygen atoms in total. The predicted molar refractivity (Wildman–Crippen MR) is 143 cm³/mol. The minimum Gasteiger partial charge on any atom is -0.462 e. The number of halogens is 1. The van der Waals surface area contributed by atoms with Crippen LogP contribution in [-0.2, 0) is 10.5 Å². The molecule has 3 aromatic carbocycles. The molecule has 0 spiro atoms. The number of amides is 1. The van der Waals surface area contributed by atoms with Crippen LogP contribution in [-0.4, -0.2) is 24.7 Å². The molecule has 0 atom stereocenters. The van der Waals surface area contributed by atoms with Crippen LogP contribution in [0.25, 0.3) is 11.3 Å². The van der Waals surface area contributed by atoms with E-state index in [4.69, 9.17) is 20.8 Å². The molecule has 0 aliphatic heterocycles. The number of esters is 1. The summed E-state index contributed by atoms with van der Waals surface area (Å²) in [7, 11) is 0. The van der Waals surface area contributed by atoms with Crippen molar-refractivity contribution in [3.63, 3.8) is 0 Å². The molecule has 0 radical (unpaired) electrons. The number of nitrogens with zero attached hydrogens (tertiary/aromatic N) is 1. The number of hydrogen-bond acceptors (Lipinski definition) is 6. The van der Waals surface area contributed by atoms with E-state index in [2.05, 4.69) is 10.5 Å². The normalized spacial score (nSPS) is 10.9. The standard InChI is InChI=1S/C28H23ClN2O4S/c1-2-34-28(33)22-9-7-20(8-10-22)26-16-13-24(35-26)17-30-31-27(32)21-5-3-19(4-6-21)18-36-25-14-11-23(29)12-15-25/h3-17H,2,18H2,1H3,(H,31,32)/b30-17-. The van der Waals surface area contributed by atoms with Gasteiger partial charge in [-0.2, -0.15) is 5.10 Å². The average Bonchev–Trinajstić information content (AvgIpc) is 3.38. The first-order chi connectivity index (χ1) is 17.5. The van der Waals surface area contributed by atoms with Crippen LogP contribution < -0.4 is 5.43 Å². The lowest BCUT2D eigenvalue weighted by Gasteiger charge is -2.04. The molecule has 182 valence electrons. The van der Waals surface area contributed by atoms with Crippen LogP contribution in [0.1, 0.15) is 39.0 Å². The van der Waals surface area contributed by atoms with Gasteiger partial charge in [-0.05, 0) is 73.2 Å². The summed E-state index contributed by atoms with van der Waals surface area (Å²) < 4.78 is 10.8. The maximum absolute atomic E-state index is 12.4. The van der Waals surface area contributed by atoms with Gasteiger partial charge < -0.3 is 9.15 Å². The predicted octanol–water partition coefficient (Wildman–Crippen LogP) is 6.83. The second kappa shape index (κ2) is 12.2. The van der Waals surface area contributed by atoms with Crippen LogP contribution in [0.3, 0.4) is 0 Å². The highest BCUT2D eigenvalue weighted by Gasteiger charge is 2.09. The first-order valence-corrected chi connectivity index (χ1v) is 12.6. The summed E-state index contributed by atoms with van der Waals surface area (Å²) in [6.07, 6.45) is 1.44. The van der Waals surface area contributed by atoms with Gasteiger partial charge in [-0.1, -0.05) is 35.9 Å². The quantitative estimate of drug-likeness (QED) is 0.114. The third kappa shape index (κ3) is 6.87. The topological polar surface area (TPSA) is 80.9 Å². The Bertz CT molecular complexity index is 1350. The zero-order valence-electron chi connectivity index (χ0n) is 19.4. The lowest BCUT2D eigenvalue weighted by atomic mass is 10.1. The van der Waals surface area contributed by atoms with E-state index in [0.717, 1.165) is 21.8 Å². The summed E-state index contributed by atoms with van der Waals surface area (Å²) >= 11 is 7.62. The van der Waals surface area contributed by atoms with E-state index in [-0.39, 0.29) is 11.9 Å². The molecule has 8 heteroatoms. The van der Waals surface area contributed by atoms with Gasteiger partial charge in [0.2, 0.25) is 0 Å². The summed E-state index contributed by atoms with van der Waals surface area (Å²) in [4.78, 5) is 25.3. The minimum atomic E-state index is -0.362. The van der Waals surface area contributed by atoms with Gasteiger partial charge in [0.25, 0.3) is 5.91 Å². The Morgan fingerprint density at radius 3 is 2.33 bits per heavy atom. The number of hydrazone groups is 1. The maximum atomic E-state index is 12.4. The number of carbonyl (C=O) groups excluding carboxylic acids is 2. The number of hydrogen-bond donors (Lipinski definition) is 1.